The number of hydrogen-bond acceptors (Lipinski definition) is 1. The van der Waals surface area contributed by atoms with Crippen LogP contribution in [0.5, 0.6) is 0 Å². The van der Waals surface area contributed by atoms with Gasteiger partial charge in [0.25, 0.3) is 0 Å². The van der Waals surface area contributed by atoms with Crippen molar-refractivity contribution in [2.24, 2.45) is 0 Å². The van der Waals surface area contributed by atoms with Gasteiger partial charge >= 0.3 is 0 Å². The lowest BCUT2D eigenvalue weighted by Crippen LogP contribution is -2.40. The first-order valence-electron chi connectivity index (χ1n) is 19.4. The van der Waals surface area contributed by atoms with Crippen molar-refractivity contribution in [2.75, 3.05) is 4.90 Å². The lowest BCUT2D eigenvalue weighted by Gasteiger charge is -2.47. The fourth-order valence-corrected chi connectivity index (χ4v) is 10.1. The van der Waals surface area contributed by atoms with Crippen LogP contribution >= 0.6 is 0 Å². The summed E-state index contributed by atoms with van der Waals surface area (Å²) >= 11 is 0. The number of benzene rings is 9. The molecule has 11 rings (SSSR count). The lowest BCUT2D eigenvalue weighted by atomic mass is 9.55. The molecular formula is C54H39N. The van der Waals surface area contributed by atoms with E-state index >= 15 is 0 Å². The molecule has 0 saturated heterocycles. The van der Waals surface area contributed by atoms with Crippen LogP contribution in [-0.2, 0) is 10.8 Å². The first-order valence-corrected chi connectivity index (χ1v) is 19.4. The maximum absolute atomic E-state index is 2.51. The molecule has 0 bridgehead atoms. The summed E-state index contributed by atoms with van der Waals surface area (Å²) in [5.74, 6) is 0. The Balaban J connectivity index is 1.21. The second-order valence-corrected chi connectivity index (χ2v) is 15.7. The Kier molecular flexibility index (Phi) is 6.88. The highest BCUT2D eigenvalue weighted by Gasteiger charge is 2.53. The molecule has 0 amide bonds. The van der Waals surface area contributed by atoms with Gasteiger partial charge in [-0.3, -0.25) is 0 Å². The van der Waals surface area contributed by atoms with Gasteiger partial charge in [-0.2, -0.15) is 0 Å². The van der Waals surface area contributed by atoms with Crippen LogP contribution in [0.2, 0.25) is 0 Å². The second-order valence-electron chi connectivity index (χ2n) is 15.7. The molecule has 0 N–H and O–H groups in total. The van der Waals surface area contributed by atoms with E-state index in [1.807, 2.05) is 0 Å². The van der Waals surface area contributed by atoms with Crippen LogP contribution in [0.15, 0.2) is 200 Å². The Morgan fingerprint density at radius 2 is 0.927 bits per heavy atom. The highest BCUT2D eigenvalue weighted by Crippen LogP contribution is 2.62. The smallest absolute Gasteiger partial charge is 0.0719 e. The number of fused-ring (bicyclic) bond motifs is 12. The van der Waals surface area contributed by atoms with Gasteiger partial charge in [0.05, 0.1) is 11.1 Å². The summed E-state index contributed by atoms with van der Waals surface area (Å²) in [6.45, 7) is 4.83. The normalized spacial score (nSPS) is 14.3. The predicted molar refractivity (Wildman–Crippen MR) is 231 cm³/mol. The van der Waals surface area contributed by atoms with Crippen molar-refractivity contribution in [1.82, 2.24) is 0 Å². The molecule has 1 nitrogen and oxygen atoms in total. The van der Waals surface area contributed by atoms with Crippen molar-refractivity contribution in [3.05, 3.63) is 234 Å². The molecule has 0 atom stereocenters. The first-order chi connectivity index (χ1) is 27.0. The van der Waals surface area contributed by atoms with Gasteiger partial charge in [0.2, 0.25) is 0 Å². The molecule has 9 aromatic rings. The van der Waals surface area contributed by atoms with Crippen molar-refractivity contribution in [2.45, 2.75) is 24.7 Å². The Morgan fingerprint density at radius 1 is 0.345 bits per heavy atom. The number of hydrogen-bond donors (Lipinski definition) is 0. The summed E-state index contributed by atoms with van der Waals surface area (Å²) < 4.78 is 0. The predicted octanol–water partition coefficient (Wildman–Crippen LogP) is 14.1. The zero-order valence-corrected chi connectivity index (χ0v) is 31.0. The fraction of sp³-hybridized carbons (Fsp3) is 0.0741. The molecule has 1 heteroatoms. The van der Waals surface area contributed by atoms with Crippen molar-refractivity contribution >= 4 is 38.6 Å². The van der Waals surface area contributed by atoms with Crippen molar-refractivity contribution in [3.8, 4) is 22.3 Å². The van der Waals surface area contributed by atoms with Crippen LogP contribution in [0.25, 0.3) is 43.8 Å². The lowest BCUT2D eigenvalue weighted by molar-refractivity contribution is 0.563. The summed E-state index contributed by atoms with van der Waals surface area (Å²) in [4.78, 5) is 2.49. The molecule has 0 fully saturated rings. The molecule has 9 aromatic carbocycles. The quantitative estimate of drug-likeness (QED) is 0.165. The van der Waals surface area contributed by atoms with E-state index in [0.717, 1.165) is 17.1 Å². The molecule has 0 aromatic heterocycles. The van der Waals surface area contributed by atoms with E-state index in [1.165, 1.54) is 77.2 Å². The van der Waals surface area contributed by atoms with Gasteiger partial charge in [0.1, 0.15) is 0 Å². The molecule has 0 heterocycles. The minimum atomic E-state index is -0.427. The molecule has 55 heavy (non-hydrogen) atoms. The minimum Gasteiger partial charge on any atom is -0.310 e. The van der Waals surface area contributed by atoms with Gasteiger partial charge in [-0.25, -0.2) is 0 Å². The Labute approximate surface area is 322 Å². The molecule has 0 aliphatic heterocycles. The van der Waals surface area contributed by atoms with E-state index in [2.05, 4.69) is 219 Å². The molecule has 2 aliphatic rings. The monoisotopic (exact) mass is 701 g/mol. The Morgan fingerprint density at radius 3 is 1.71 bits per heavy atom. The number of rotatable bonds is 4. The number of anilines is 3. The van der Waals surface area contributed by atoms with E-state index < -0.39 is 5.41 Å². The average Bonchev–Trinajstić information content (AvgIpc) is 3.54. The fourth-order valence-electron chi connectivity index (χ4n) is 10.1. The Bertz CT molecular complexity index is 2920. The third kappa shape index (κ3) is 4.47. The third-order valence-corrected chi connectivity index (χ3v) is 12.5. The summed E-state index contributed by atoms with van der Waals surface area (Å²) in [6, 6.07) is 74.5. The maximum atomic E-state index is 2.51. The Hall–Kier alpha value is -6.70. The maximum Gasteiger partial charge on any atom is 0.0719 e. The molecule has 1 spiro atoms. The summed E-state index contributed by atoms with van der Waals surface area (Å²) in [5, 5.41) is 5.00. The van der Waals surface area contributed by atoms with Crippen LogP contribution in [0.1, 0.15) is 47.2 Å². The molecule has 0 unspecified atom stereocenters. The molecule has 0 radical (unpaired) electrons. The van der Waals surface area contributed by atoms with Crippen LogP contribution in [-0.4, -0.2) is 0 Å². The average molecular weight is 702 g/mol. The highest BCUT2D eigenvalue weighted by molar-refractivity contribution is 6.12. The summed E-state index contributed by atoms with van der Waals surface area (Å²) in [6.07, 6.45) is 0. The van der Waals surface area contributed by atoms with E-state index in [0.29, 0.717) is 0 Å². The zero-order valence-electron chi connectivity index (χ0n) is 31.0. The van der Waals surface area contributed by atoms with Gasteiger partial charge in [0, 0.05) is 22.2 Å². The van der Waals surface area contributed by atoms with Crippen molar-refractivity contribution in [1.29, 1.82) is 0 Å². The van der Waals surface area contributed by atoms with E-state index in [9.17, 15) is 0 Å². The van der Waals surface area contributed by atoms with Crippen LogP contribution in [0, 0.1) is 0 Å². The molecule has 260 valence electrons. The SMILES string of the molecule is CC1(C)c2ccccc2C2(c3ccccc3-c3ccccc32)c2ccc(N(c3cccc(-c4ccccc4)c3)c3cccc4c3ccc3ccccc34)cc21. The molecular weight excluding hydrogens is 663 g/mol. The standard InChI is InChI=1S/C54H39N/c1-53(2)48-27-12-13-28-49(48)54(46-25-10-8-22-43(46)44-23-9-11-26-47(44)54)50-33-31-40(35-51(50)53)55(39-20-14-19-38(34-39)36-16-4-3-5-17-36)52-29-15-24-42-41-21-7-6-18-37(41)30-32-45(42)52/h3-35H,1-2H3. The van der Waals surface area contributed by atoms with Crippen LogP contribution in [0.3, 0.4) is 0 Å². The van der Waals surface area contributed by atoms with Gasteiger partial charge in [-0.05, 0) is 102 Å². The zero-order chi connectivity index (χ0) is 36.7. The topological polar surface area (TPSA) is 3.24 Å². The molecule has 0 saturated carbocycles. The largest absolute Gasteiger partial charge is 0.310 e. The van der Waals surface area contributed by atoms with Gasteiger partial charge in [0.15, 0.2) is 0 Å². The van der Waals surface area contributed by atoms with Crippen molar-refractivity contribution < 1.29 is 0 Å². The molecule has 2 aliphatic carbocycles. The van der Waals surface area contributed by atoms with Crippen LogP contribution in [0.4, 0.5) is 17.1 Å². The highest BCUT2D eigenvalue weighted by atomic mass is 15.1. The summed E-state index contributed by atoms with van der Waals surface area (Å²) in [7, 11) is 0. The summed E-state index contributed by atoms with van der Waals surface area (Å²) in [5.41, 5.74) is 16.0. The first kappa shape index (κ1) is 31.8. The minimum absolute atomic E-state index is 0.258. The van der Waals surface area contributed by atoms with E-state index in [4.69, 9.17) is 0 Å². The van der Waals surface area contributed by atoms with Gasteiger partial charge in [-0.15, -0.1) is 0 Å². The van der Waals surface area contributed by atoms with E-state index in [-0.39, 0.29) is 5.41 Å². The van der Waals surface area contributed by atoms with Crippen molar-refractivity contribution in [3.63, 3.8) is 0 Å². The third-order valence-electron chi connectivity index (χ3n) is 12.5. The second kappa shape index (κ2) is 11.9. The van der Waals surface area contributed by atoms with Gasteiger partial charge in [-0.1, -0.05) is 184 Å². The van der Waals surface area contributed by atoms with Crippen LogP contribution < -0.4 is 4.90 Å². The number of nitrogens with zero attached hydrogens (tertiary/aromatic N) is 1. The van der Waals surface area contributed by atoms with Gasteiger partial charge < -0.3 is 4.90 Å². The van der Waals surface area contributed by atoms with E-state index in [1.54, 1.807) is 0 Å².